The highest BCUT2D eigenvalue weighted by Gasteiger charge is 2.14. The lowest BCUT2D eigenvalue weighted by Crippen LogP contribution is -2.17. The van der Waals surface area contributed by atoms with E-state index in [1.807, 2.05) is 0 Å². The number of rotatable bonds is 4. The summed E-state index contributed by atoms with van der Waals surface area (Å²) in [6.07, 6.45) is -0.338. The quantitative estimate of drug-likeness (QED) is 0.891. The topological polar surface area (TPSA) is 58.2 Å². The molecule has 7 heteroatoms. The molecule has 0 heterocycles. The molecule has 0 atom stereocenters. The van der Waals surface area contributed by atoms with Crippen molar-refractivity contribution in [3.05, 3.63) is 58.6 Å². The number of carbonyl (C=O) groups is 2. The van der Waals surface area contributed by atoms with Crippen LogP contribution in [-0.2, 0) is 16.0 Å². The first kappa shape index (κ1) is 16.9. The molecule has 2 aromatic carbocycles. The van der Waals surface area contributed by atoms with Crippen LogP contribution in [0, 0.1) is 11.6 Å². The minimum Gasteiger partial charge on any atom is -0.326 e. The normalized spacial score (nSPS) is 10.3. The molecule has 0 fully saturated rings. The van der Waals surface area contributed by atoms with Crippen molar-refractivity contribution in [3.63, 3.8) is 0 Å². The molecule has 0 spiro atoms. The Kier molecular flexibility index (Phi) is 5.28. The first-order valence-corrected chi connectivity index (χ1v) is 7.04. The first-order chi connectivity index (χ1) is 10.9. The van der Waals surface area contributed by atoms with Crippen LogP contribution < -0.4 is 10.6 Å². The molecular formula is C16H13ClF2N2O2. The molecule has 4 nitrogen and oxygen atoms in total. The van der Waals surface area contributed by atoms with Crippen molar-refractivity contribution in [3.8, 4) is 0 Å². The van der Waals surface area contributed by atoms with Crippen molar-refractivity contribution in [2.24, 2.45) is 0 Å². The summed E-state index contributed by atoms with van der Waals surface area (Å²) in [5.41, 5.74) is 0.247. The third-order valence-electron chi connectivity index (χ3n) is 2.96. The van der Waals surface area contributed by atoms with Gasteiger partial charge in [-0.15, -0.1) is 0 Å². The van der Waals surface area contributed by atoms with E-state index in [9.17, 15) is 18.4 Å². The van der Waals surface area contributed by atoms with Gasteiger partial charge in [-0.05, 0) is 30.3 Å². The van der Waals surface area contributed by atoms with Crippen LogP contribution in [0.3, 0.4) is 0 Å². The minimum absolute atomic E-state index is 0.0325. The number of hydrogen-bond donors (Lipinski definition) is 2. The second kappa shape index (κ2) is 7.19. The molecule has 2 aromatic rings. The van der Waals surface area contributed by atoms with Gasteiger partial charge in [-0.3, -0.25) is 9.59 Å². The van der Waals surface area contributed by atoms with Crippen molar-refractivity contribution in [1.82, 2.24) is 0 Å². The lowest BCUT2D eigenvalue weighted by atomic mass is 10.1. The Bertz CT molecular complexity index is 745. The predicted octanol–water partition coefficient (Wildman–Crippen LogP) is 3.76. The number of amides is 2. The van der Waals surface area contributed by atoms with Crippen LogP contribution in [0.1, 0.15) is 12.5 Å². The van der Waals surface area contributed by atoms with Crippen molar-refractivity contribution >= 4 is 34.8 Å². The smallest absolute Gasteiger partial charge is 0.229 e. The van der Waals surface area contributed by atoms with Gasteiger partial charge in [0.15, 0.2) is 0 Å². The molecule has 0 aliphatic rings. The molecule has 0 aliphatic carbocycles. The molecule has 0 saturated carbocycles. The highest BCUT2D eigenvalue weighted by atomic mass is 35.5. The van der Waals surface area contributed by atoms with Gasteiger partial charge in [-0.25, -0.2) is 8.78 Å². The largest absolute Gasteiger partial charge is 0.326 e. The summed E-state index contributed by atoms with van der Waals surface area (Å²) in [4.78, 5) is 23.0. The summed E-state index contributed by atoms with van der Waals surface area (Å²) in [6, 6.07) is 7.82. The fourth-order valence-corrected chi connectivity index (χ4v) is 2.19. The van der Waals surface area contributed by atoms with E-state index in [0.717, 1.165) is 6.07 Å². The van der Waals surface area contributed by atoms with E-state index in [0.29, 0.717) is 5.69 Å². The zero-order valence-corrected chi connectivity index (χ0v) is 12.9. The van der Waals surface area contributed by atoms with Crippen LogP contribution >= 0.6 is 11.6 Å². The van der Waals surface area contributed by atoms with Crippen LogP contribution in [0.2, 0.25) is 5.02 Å². The Hall–Kier alpha value is -2.47. The fourth-order valence-electron chi connectivity index (χ4n) is 1.96. The van der Waals surface area contributed by atoms with Gasteiger partial charge in [0.05, 0.1) is 12.1 Å². The SMILES string of the molecule is CC(=O)Nc1ccc(F)c(NC(=O)Cc2c(F)cccc2Cl)c1. The van der Waals surface area contributed by atoms with Crippen LogP contribution in [0.15, 0.2) is 36.4 Å². The van der Waals surface area contributed by atoms with Gasteiger partial charge in [0.25, 0.3) is 0 Å². The summed E-state index contributed by atoms with van der Waals surface area (Å²) in [7, 11) is 0. The maximum absolute atomic E-state index is 13.7. The van der Waals surface area contributed by atoms with E-state index in [1.54, 1.807) is 0 Å². The van der Waals surface area contributed by atoms with E-state index in [2.05, 4.69) is 10.6 Å². The molecule has 2 N–H and O–H groups in total. The molecule has 0 radical (unpaired) electrons. The summed E-state index contributed by atoms with van der Waals surface area (Å²) in [5, 5.41) is 4.93. The number of hydrogen-bond acceptors (Lipinski definition) is 2. The Morgan fingerprint density at radius 1 is 1.09 bits per heavy atom. The fraction of sp³-hybridized carbons (Fsp3) is 0.125. The maximum Gasteiger partial charge on any atom is 0.229 e. The summed E-state index contributed by atoms with van der Waals surface area (Å²) < 4.78 is 27.4. The Balaban J connectivity index is 2.15. The van der Waals surface area contributed by atoms with E-state index < -0.39 is 17.5 Å². The standard InChI is InChI=1S/C16H13ClF2N2O2/c1-9(22)20-10-5-6-14(19)15(7-10)21-16(23)8-11-12(17)3-2-4-13(11)18/h2-7H,8H2,1H3,(H,20,22)(H,21,23). The number of halogens is 3. The van der Waals surface area contributed by atoms with Crippen LogP contribution in [0.25, 0.3) is 0 Å². The monoisotopic (exact) mass is 338 g/mol. The molecule has 120 valence electrons. The Morgan fingerprint density at radius 2 is 1.83 bits per heavy atom. The number of nitrogens with one attached hydrogen (secondary N) is 2. The van der Waals surface area contributed by atoms with Crippen LogP contribution in [-0.4, -0.2) is 11.8 Å². The molecule has 2 rings (SSSR count). The van der Waals surface area contributed by atoms with Crippen molar-refractivity contribution < 1.29 is 18.4 Å². The lowest BCUT2D eigenvalue weighted by Gasteiger charge is -2.10. The second-order valence-electron chi connectivity index (χ2n) is 4.80. The Morgan fingerprint density at radius 3 is 2.48 bits per heavy atom. The number of anilines is 2. The number of benzene rings is 2. The predicted molar refractivity (Wildman–Crippen MR) is 84.4 cm³/mol. The van der Waals surface area contributed by atoms with E-state index in [1.165, 1.54) is 37.3 Å². The molecule has 0 saturated heterocycles. The minimum atomic E-state index is -0.674. The van der Waals surface area contributed by atoms with Crippen molar-refractivity contribution in [2.75, 3.05) is 10.6 Å². The van der Waals surface area contributed by atoms with Gasteiger partial charge in [0.2, 0.25) is 11.8 Å². The molecule has 2 amide bonds. The van der Waals surface area contributed by atoms with Gasteiger partial charge in [-0.2, -0.15) is 0 Å². The summed E-state index contributed by atoms with van der Waals surface area (Å²) in [6.45, 7) is 1.31. The van der Waals surface area contributed by atoms with Gasteiger partial charge in [-0.1, -0.05) is 17.7 Å². The molecule has 0 aromatic heterocycles. The highest BCUT2D eigenvalue weighted by molar-refractivity contribution is 6.31. The van der Waals surface area contributed by atoms with Crippen molar-refractivity contribution in [1.29, 1.82) is 0 Å². The lowest BCUT2D eigenvalue weighted by molar-refractivity contribution is -0.116. The van der Waals surface area contributed by atoms with Gasteiger partial charge >= 0.3 is 0 Å². The van der Waals surface area contributed by atoms with Gasteiger partial charge in [0, 0.05) is 23.2 Å². The molecule has 0 unspecified atom stereocenters. The van der Waals surface area contributed by atoms with E-state index in [-0.39, 0.29) is 28.6 Å². The average Bonchev–Trinajstić information content (AvgIpc) is 2.46. The third kappa shape index (κ3) is 4.50. The summed E-state index contributed by atoms with van der Waals surface area (Å²) >= 11 is 5.85. The molecule has 0 bridgehead atoms. The van der Waals surface area contributed by atoms with Gasteiger partial charge < -0.3 is 10.6 Å². The Labute approximate surface area is 136 Å². The van der Waals surface area contributed by atoms with Crippen LogP contribution in [0.5, 0.6) is 0 Å². The third-order valence-corrected chi connectivity index (χ3v) is 3.31. The van der Waals surface area contributed by atoms with E-state index in [4.69, 9.17) is 11.6 Å². The molecule has 23 heavy (non-hydrogen) atoms. The molecule has 0 aliphatic heterocycles. The second-order valence-corrected chi connectivity index (χ2v) is 5.21. The zero-order valence-electron chi connectivity index (χ0n) is 12.1. The van der Waals surface area contributed by atoms with Crippen molar-refractivity contribution in [2.45, 2.75) is 13.3 Å². The average molecular weight is 339 g/mol. The van der Waals surface area contributed by atoms with E-state index >= 15 is 0 Å². The highest BCUT2D eigenvalue weighted by Crippen LogP contribution is 2.22. The maximum atomic E-state index is 13.7. The van der Waals surface area contributed by atoms with Crippen LogP contribution in [0.4, 0.5) is 20.2 Å². The van der Waals surface area contributed by atoms with Gasteiger partial charge in [0.1, 0.15) is 11.6 Å². The summed E-state index contributed by atoms with van der Waals surface area (Å²) in [5.74, 6) is -2.24. The first-order valence-electron chi connectivity index (χ1n) is 6.66. The number of carbonyl (C=O) groups excluding carboxylic acids is 2. The zero-order chi connectivity index (χ0) is 17.0. The molecular weight excluding hydrogens is 326 g/mol.